The van der Waals surface area contributed by atoms with Crippen LogP contribution in [-0.4, -0.2) is 16.8 Å². The molecule has 0 radical (unpaired) electrons. The highest BCUT2D eigenvalue weighted by molar-refractivity contribution is 9.10. The van der Waals surface area contributed by atoms with Crippen LogP contribution in [0.2, 0.25) is 5.02 Å². The molecule has 9 heteroatoms. The molecule has 160 valence electrons. The first kappa shape index (κ1) is 21.7. The van der Waals surface area contributed by atoms with Crippen LogP contribution in [0.4, 0.5) is 5.69 Å². The van der Waals surface area contributed by atoms with E-state index in [1.807, 2.05) is 30.3 Å². The lowest BCUT2D eigenvalue weighted by Crippen LogP contribution is -2.06. The minimum absolute atomic E-state index is 0.0150. The molecule has 0 aliphatic carbocycles. The second-order valence-corrected chi connectivity index (χ2v) is 7.97. The standard InChI is InChI=1S/C23H14BrClN2O5/c24-18-7-2-1-5-16(18)13-31-17-6-3-4-14(10-17)11-20-23(28)32-22(26-20)15-8-9-19(25)21(12-15)27(29)30/h1-12H,13H2/b20-11-. The zero-order valence-corrected chi connectivity index (χ0v) is 18.7. The fourth-order valence-electron chi connectivity index (χ4n) is 2.95. The van der Waals surface area contributed by atoms with Gasteiger partial charge in [0.05, 0.1) is 4.92 Å². The number of carbonyl (C=O) groups excluding carboxylic acids is 1. The van der Waals surface area contributed by atoms with Crippen molar-refractivity contribution in [1.82, 2.24) is 0 Å². The Balaban J connectivity index is 1.55. The van der Waals surface area contributed by atoms with Crippen LogP contribution in [0.3, 0.4) is 0 Å². The number of aliphatic imine (C=N–C) groups is 1. The third-order valence-electron chi connectivity index (χ3n) is 4.52. The number of rotatable bonds is 6. The Morgan fingerprint density at radius 3 is 2.72 bits per heavy atom. The molecule has 1 aliphatic rings. The van der Waals surface area contributed by atoms with Crippen molar-refractivity contribution in [1.29, 1.82) is 0 Å². The summed E-state index contributed by atoms with van der Waals surface area (Å²) in [5, 5.41) is 11.1. The topological polar surface area (TPSA) is 91.0 Å². The van der Waals surface area contributed by atoms with E-state index in [4.69, 9.17) is 21.1 Å². The van der Waals surface area contributed by atoms with Crippen LogP contribution in [0, 0.1) is 10.1 Å². The van der Waals surface area contributed by atoms with Gasteiger partial charge in [-0.3, -0.25) is 10.1 Å². The summed E-state index contributed by atoms with van der Waals surface area (Å²) < 4.78 is 12.0. The molecule has 0 spiro atoms. The summed E-state index contributed by atoms with van der Waals surface area (Å²) in [5.74, 6) is -0.0570. The summed E-state index contributed by atoms with van der Waals surface area (Å²) in [6, 6.07) is 19.0. The number of hydrogen-bond acceptors (Lipinski definition) is 6. The fourth-order valence-corrected chi connectivity index (χ4v) is 3.53. The molecule has 0 saturated carbocycles. The minimum atomic E-state index is -0.655. The molecule has 7 nitrogen and oxygen atoms in total. The van der Waals surface area contributed by atoms with Crippen LogP contribution in [0.1, 0.15) is 16.7 Å². The maximum Gasteiger partial charge on any atom is 0.363 e. The van der Waals surface area contributed by atoms with Crippen LogP contribution in [-0.2, 0) is 16.1 Å². The molecule has 0 N–H and O–H groups in total. The Morgan fingerprint density at radius 1 is 1.12 bits per heavy atom. The number of nitrogens with zero attached hydrogens (tertiary/aromatic N) is 2. The fraction of sp³-hybridized carbons (Fsp3) is 0.0435. The number of nitro benzene ring substituents is 1. The maximum absolute atomic E-state index is 12.3. The van der Waals surface area contributed by atoms with Gasteiger partial charge >= 0.3 is 5.97 Å². The van der Waals surface area contributed by atoms with Crippen LogP contribution in [0.15, 0.2) is 81.9 Å². The monoisotopic (exact) mass is 512 g/mol. The average molecular weight is 514 g/mol. The molecule has 1 heterocycles. The molecule has 0 unspecified atom stereocenters. The molecule has 0 amide bonds. The van der Waals surface area contributed by atoms with Gasteiger partial charge in [0.25, 0.3) is 5.69 Å². The van der Waals surface area contributed by atoms with E-state index >= 15 is 0 Å². The normalized spacial score (nSPS) is 14.2. The van der Waals surface area contributed by atoms with Gasteiger partial charge in [0.1, 0.15) is 17.4 Å². The van der Waals surface area contributed by atoms with E-state index in [1.54, 1.807) is 24.3 Å². The molecular formula is C23H14BrClN2O5. The van der Waals surface area contributed by atoms with Gasteiger partial charge in [0.15, 0.2) is 5.70 Å². The average Bonchev–Trinajstić information content (AvgIpc) is 3.13. The van der Waals surface area contributed by atoms with Gasteiger partial charge in [-0.25, -0.2) is 9.79 Å². The van der Waals surface area contributed by atoms with Gasteiger partial charge in [0.2, 0.25) is 5.90 Å². The van der Waals surface area contributed by atoms with Gasteiger partial charge in [-0.05, 0) is 42.0 Å². The van der Waals surface area contributed by atoms with Gasteiger partial charge < -0.3 is 9.47 Å². The number of halogens is 2. The number of esters is 1. The smallest absolute Gasteiger partial charge is 0.363 e. The number of hydrogen-bond donors (Lipinski definition) is 0. The first-order valence-electron chi connectivity index (χ1n) is 9.34. The van der Waals surface area contributed by atoms with E-state index in [9.17, 15) is 14.9 Å². The second-order valence-electron chi connectivity index (χ2n) is 6.71. The number of ether oxygens (including phenoxy) is 2. The second kappa shape index (κ2) is 9.33. The van der Waals surface area contributed by atoms with Crippen LogP contribution in [0.5, 0.6) is 5.75 Å². The SMILES string of the molecule is O=C1OC(c2ccc(Cl)c([N+](=O)[O-])c2)=N/C1=C\c1cccc(OCc2ccccc2Br)c1. The first-order valence-corrected chi connectivity index (χ1v) is 10.5. The van der Waals surface area contributed by atoms with Crippen molar-refractivity contribution < 1.29 is 19.2 Å². The zero-order chi connectivity index (χ0) is 22.7. The van der Waals surface area contributed by atoms with Gasteiger partial charge in [-0.2, -0.15) is 0 Å². The first-order chi connectivity index (χ1) is 15.4. The lowest BCUT2D eigenvalue weighted by molar-refractivity contribution is -0.384. The van der Waals surface area contributed by atoms with Crippen molar-refractivity contribution in [2.75, 3.05) is 0 Å². The molecule has 4 rings (SSSR count). The van der Waals surface area contributed by atoms with Crippen molar-refractivity contribution in [2.24, 2.45) is 4.99 Å². The Bertz CT molecular complexity index is 1290. The third kappa shape index (κ3) is 4.87. The third-order valence-corrected chi connectivity index (χ3v) is 5.62. The molecule has 3 aromatic carbocycles. The van der Waals surface area contributed by atoms with Crippen molar-refractivity contribution >= 4 is 51.2 Å². The number of nitro groups is 1. The predicted molar refractivity (Wildman–Crippen MR) is 124 cm³/mol. The molecule has 0 bridgehead atoms. The molecule has 0 atom stereocenters. The lowest BCUT2D eigenvalue weighted by atomic mass is 10.2. The predicted octanol–water partition coefficient (Wildman–Crippen LogP) is 5.93. The molecule has 0 saturated heterocycles. The van der Waals surface area contributed by atoms with E-state index in [0.29, 0.717) is 17.9 Å². The van der Waals surface area contributed by atoms with E-state index in [2.05, 4.69) is 20.9 Å². The summed E-state index contributed by atoms with van der Waals surface area (Å²) >= 11 is 9.33. The van der Waals surface area contributed by atoms with E-state index in [1.165, 1.54) is 18.2 Å². The summed E-state index contributed by atoms with van der Waals surface area (Å²) in [6.45, 7) is 0.376. The molecular weight excluding hydrogens is 500 g/mol. The highest BCUT2D eigenvalue weighted by Crippen LogP contribution is 2.28. The number of carbonyl (C=O) groups is 1. The van der Waals surface area contributed by atoms with Crippen LogP contribution in [0.25, 0.3) is 6.08 Å². The highest BCUT2D eigenvalue weighted by atomic mass is 79.9. The van der Waals surface area contributed by atoms with E-state index < -0.39 is 10.9 Å². The Labute approximate surface area is 196 Å². The molecule has 0 fully saturated rings. The number of cyclic esters (lactones) is 1. The van der Waals surface area contributed by atoms with Crippen molar-refractivity contribution in [3.05, 3.63) is 109 Å². The van der Waals surface area contributed by atoms with Gasteiger partial charge in [-0.15, -0.1) is 0 Å². The summed E-state index contributed by atoms with van der Waals surface area (Å²) in [6.07, 6.45) is 1.56. The Hall–Kier alpha value is -3.49. The summed E-state index contributed by atoms with van der Waals surface area (Å²) in [7, 11) is 0. The Morgan fingerprint density at radius 2 is 1.94 bits per heavy atom. The summed E-state index contributed by atoms with van der Waals surface area (Å²) in [4.78, 5) is 27.0. The molecule has 3 aromatic rings. The van der Waals surface area contributed by atoms with Crippen LogP contribution < -0.4 is 4.74 Å². The quantitative estimate of drug-likeness (QED) is 0.176. The van der Waals surface area contributed by atoms with Crippen molar-refractivity contribution in [2.45, 2.75) is 6.61 Å². The molecule has 1 aliphatic heterocycles. The number of benzene rings is 3. The Kier molecular flexibility index (Phi) is 6.34. The zero-order valence-electron chi connectivity index (χ0n) is 16.3. The molecule has 0 aromatic heterocycles. The highest BCUT2D eigenvalue weighted by Gasteiger charge is 2.26. The van der Waals surface area contributed by atoms with E-state index in [0.717, 1.165) is 10.0 Å². The van der Waals surface area contributed by atoms with Gasteiger partial charge in [0, 0.05) is 21.7 Å². The van der Waals surface area contributed by atoms with E-state index in [-0.39, 0.29) is 27.9 Å². The van der Waals surface area contributed by atoms with Crippen molar-refractivity contribution in [3.8, 4) is 5.75 Å². The van der Waals surface area contributed by atoms with Gasteiger partial charge in [-0.1, -0.05) is 57.9 Å². The lowest BCUT2D eigenvalue weighted by Gasteiger charge is -2.08. The van der Waals surface area contributed by atoms with Crippen LogP contribution >= 0.6 is 27.5 Å². The maximum atomic E-state index is 12.3. The minimum Gasteiger partial charge on any atom is -0.489 e. The molecule has 32 heavy (non-hydrogen) atoms. The largest absolute Gasteiger partial charge is 0.489 e. The summed E-state index contributed by atoms with van der Waals surface area (Å²) in [5.41, 5.74) is 1.75. The van der Waals surface area contributed by atoms with Crippen molar-refractivity contribution in [3.63, 3.8) is 0 Å².